The minimum absolute atomic E-state index is 0.491. The van der Waals surface area contributed by atoms with Crippen molar-refractivity contribution < 1.29 is 4.74 Å². The molecule has 1 aromatic carbocycles. The Morgan fingerprint density at radius 1 is 1.44 bits per heavy atom. The molecule has 1 unspecified atom stereocenters. The highest BCUT2D eigenvalue weighted by atomic mass is 32.2. The first-order chi connectivity index (χ1) is 8.77. The largest absolute Gasteiger partial charge is 0.496 e. The number of hydrogen-bond acceptors (Lipinski definition) is 3. The van der Waals surface area contributed by atoms with Crippen LogP contribution < -0.4 is 10.1 Å². The number of thioether (sulfide) groups is 1. The molecule has 1 aliphatic heterocycles. The first kappa shape index (κ1) is 13.8. The van der Waals surface area contributed by atoms with Gasteiger partial charge in [-0.25, -0.2) is 0 Å². The molecule has 0 amide bonds. The van der Waals surface area contributed by atoms with Crippen molar-refractivity contribution in [1.29, 1.82) is 0 Å². The molecule has 3 heteroatoms. The molecular weight excluding hydrogens is 242 g/mol. The fraction of sp³-hybridized carbons (Fsp3) is 0.600. The monoisotopic (exact) mass is 265 g/mol. The smallest absolute Gasteiger partial charge is 0.123 e. The van der Waals surface area contributed by atoms with Crippen LogP contribution in [0.3, 0.4) is 0 Å². The molecule has 0 saturated carbocycles. The highest BCUT2D eigenvalue weighted by Crippen LogP contribution is 2.37. The first-order valence-electron chi connectivity index (χ1n) is 6.75. The van der Waals surface area contributed by atoms with E-state index in [-0.39, 0.29) is 0 Å². The van der Waals surface area contributed by atoms with Gasteiger partial charge in [0.2, 0.25) is 0 Å². The molecule has 1 aliphatic rings. The number of ether oxygens (including phenoxy) is 1. The fourth-order valence-corrected chi connectivity index (χ4v) is 3.68. The van der Waals surface area contributed by atoms with Crippen LogP contribution in [0.1, 0.15) is 42.5 Å². The van der Waals surface area contributed by atoms with E-state index in [1.165, 1.54) is 35.3 Å². The van der Waals surface area contributed by atoms with Crippen LogP contribution in [0.15, 0.2) is 12.1 Å². The van der Waals surface area contributed by atoms with E-state index >= 15 is 0 Å². The quantitative estimate of drug-likeness (QED) is 0.897. The maximum absolute atomic E-state index is 5.53. The molecule has 1 atom stereocenters. The number of benzene rings is 1. The number of aryl methyl sites for hydroxylation is 1. The van der Waals surface area contributed by atoms with E-state index in [0.717, 1.165) is 18.0 Å². The van der Waals surface area contributed by atoms with Gasteiger partial charge in [0.1, 0.15) is 5.75 Å². The minimum Gasteiger partial charge on any atom is -0.496 e. The van der Waals surface area contributed by atoms with Crippen molar-refractivity contribution in [2.75, 3.05) is 19.4 Å². The predicted octanol–water partition coefficient (Wildman–Crippen LogP) is 3.68. The van der Waals surface area contributed by atoms with E-state index in [1.807, 2.05) is 11.8 Å². The first-order valence-corrected chi connectivity index (χ1v) is 7.90. The lowest BCUT2D eigenvalue weighted by Gasteiger charge is -2.22. The lowest BCUT2D eigenvalue weighted by atomic mass is 9.93. The number of hydrogen-bond donors (Lipinski definition) is 1. The van der Waals surface area contributed by atoms with Crippen LogP contribution in [0.2, 0.25) is 0 Å². The van der Waals surface area contributed by atoms with Gasteiger partial charge in [0, 0.05) is 17.4 Å². The molecular formula is C15H23NOS. The zero-order chi connectivity index (χ0) is 13.0. The third-order valence-electron chi connectivity index (χ3n) is 3.54. The van der Waals surface area contributed by atoms with Gasteiger partial charge in [-0.15, -0.1) is 0 Å². The topological polar surface area (TPSA) is 21.3 Å². The third-order valence-corrected chi connectivity index (χ3v) is 4.56. The van der Waals surface area contributed by atoms with E-state index in [2.05, 4.69) is 31.3 Å². The Bertz CT molecular complexity index is 406. The van der Waals surface area contributed by atoms with Gasteiger partial charge >= 0.3 is 0 Å². The summed E-state index contributed by atoms with van der Waals surface area (Å²) in [5, 5.41) is 3.69. The number of nitrogens with one attached hydrogen (secondary N) is 1. The maximum atomic E-state index is 5.53. The number of fused-ring (bicyclic) bond motifs is 1. The Balaban J connectivity index is 2.39. The van der Waals surface area contributed by atoms with E-state index in [1.54, 1.807) is 7.11 Å². The maximum Gasteiger partial charge on any atom is 0.123 e. The van der Waals surface area contributed by atoms with E-state index in [9.17, 15) is 0 Å². The van der Waals surface area contributed by atoms with Crippen LogP contribution in [0, 0.1) is 6.92 Å². The number of methoxy groups -OCH3 is 1. The van der Waals surface area contributed by atoms with Crippen LogP contribution in [-0.2, 0) is 5.75 Å². The summed E-state index contributed by atoms with van der Waals surface area (Å²) >= 11 is 2.01. The highest BCUT2D eigenvalue weighted by Gasteiger charge is 2.22. The Labute approximate surface area is 114 Å². The summed E-state index contributed by atoms with van der Waals surface area (Å²) in [6.07, 6.45) is 2.40. The second-order valence-corrected chi connectivity index (χ2v) is 5.93. The second kappa shape index (κ2) is 6.48. The Morgan fingerprint density at radius 2 is 2.28 bits per heavy atom. The molecule has 0 saturated heterocycles. The molecule has 18 heavy (non-hydrogen) atoms. The molecule has 1 N–H and O–H groups in total. The van der Waals surface area contributed by atoms with Crippen LogP contribution in [0.5, 0.6) is 5.75 Å². The Morgan fingerprint density at radius 3 is 3.00 bits per heavy atom. The van der Waals surface area contributed by atoms with Gasteiger partial charge < -0.3 is 10.1 Å². The molecule has 0 spiro atoms. The summed E-state index contributed by atoms with van der Waals surface area (Å²) in [7, 11) is 1.77. The summed E-state index contributed by atoms with van der Waals surface area (Å²) in [5.74, 6) is 3.34. The molecule has 2 nitrogen and oxygen atoms in total. The predicted molar refractivity (Wildman–Crippen MR) is 79.5 cm³/mol. The van der Waals surface area contributed by atoms with E-state index in [4.69, 9.17) is 4.74 Å². The summed E-state index contributed by atoms with van der Waals surface area (Å²) in [4.78, 5) is 0. The lowest BCUT2D eigenvalue weighted by molar-refractivity contribution is 0.408. The van der Waals surface area contributed by atoms with E-state index in [0.29, 0.717) is 6.04 Å². The lowest BCUT2D eigenvalue weighted by Crippen LogP contribution is -2.23. The summed E-state index contributed by atoms with van der Waals surface area (Å²) < 4.78 is 5.53. The van der Waals surface area contributed by atoms with Gasteiger partial charge in [0.15, 0.2) is 0 Å². The molecule has 100 valence electrons. The van der Waals surface area contributed by atoms with Gasteiger partial charge in [0.25, 0.3) is 0 Å². The third kappa shape index (κ3) is 2.83. The highest BCUT2D eigenvalue weighted by molar-refractivity contribution is 7.98. The standard InChI is InChI=1S/C15H23NOS/c1-4-8-16-13-7-9-18-10-12-14(17-3)6-5-11(2)15(12)13/h5-6,13,16H,4,7-10H2,1-3H3. The van der Waals surface area contributed by atoms with Crippen molar-refractivity contribution in [3.05, 3.63) is 28.8 Å². The van der Waals surface area contributed by atoms with Crippen molar-refractivity contribution in [2.24, 2.45) is 0 Å². The van der Waals surface area contributed by atoms with Crippen LogP contribution in [0.4, 0.5) is 0 Å². The van der Waals surface area contributed by atoms with Crippen molar-refractivity contribution >= 4 is 11.8 Å². The zero-order valence-electron chi connectivity index (χ0n) is 11.6. The normalized spacial score (nSPS) is 19.2. The van der Waals surface area contributed by atoms with Crippen molar-refractivity contribution in [3.63, 3.8) is 0 Å². The van der Waals surface area contributed by atoms with Gasteiger partial charge in [-0.05, 0) is 49.3 Å². The molecule has 2 rings (SSSR count). The molecule has 0 fully saturated rings. The van der Waals surface area contributed by atoms with Gasteiger partial charge in [-0.2, -0.15) is 11.8 Å². The molecule has 1 aromatic rings. The summed E-state index contributed by atoms with van der Waals surface area (Å²) in [6.45, 7) is 5.53. The second-order valence-electron chi connectivity index (χ2n) is 4.82. The Kier molecular flexibility index (Phi) is 4.95. The molecule has 0 aliphatic carbocycles. The van der Waals surface area contributed by atoms with Crippen molar-refractivity contribution in [2.45, 2.75) is 38.5 Å². The fourth-order valence-electron chi connectivity index (χ4n) is 2.63. The molecule has 0 bridgehead atoms. The van der Waals surface area contributed by atoms with Gasteiger partial charge in [-0.3, -0.25) is 0 Å². The molecule has 1 heterocycles. The van der Waals surface area contributed by atoms with Crippen LogP contribution >= 0.6 is 11.8 Å². The average molecular weight is 265 g/mol. The van der Waals surface area contributed by atoms with Crippen LogP contribution in [0.25, 0.3) is 0 Å². The Hall–Kier alpha value is -0.670. The SMILES string of the molecule is CCCNC1CCSCc2c(OC)ccc(C)c21. The number of rotatable bonds is 4. The zero-order valence-corrected chi connectivity index (χ0v) is 12.4. The summed E-state index contributed by atoms with van der Waals surface area (Å²) in [5.41, 5.74) is 4.27. The van der Waals surface area contributed by atoms with Crippen molar-refractivity contribution in [3.8, 4) is 5.75 Å². The van der Waals surface area contributed by atoms with Crippen molar-refractivity contribution in [1.82, 2.24) is 5.32 Å². The van der Waals surface area contributed by atoms with Gasteiger partial charge in [-0.1, -0.05) is 13.0 Å². The summed E-state index contributed by atoms with van der Waals surface area (Å²) in [6, 6.07) is 4.79. The molecule has 0 radical (unpaired) electrons. The van der Waals surface area contributed by atoms with E-state index < -0.39 is 0 Å². The minimum atomic E-state index is 0.491. The molecule has 0 aromatic heterocycles. The average Bonchev–Trinajstić information content (AvgIpc) is 2.60. The van der Waals surface area contributed by atoms with Gasteiger partial charge in [0.05, 0.1) is 7.11 Å². The van der Waals surface area contributed by atoms with Crippen LogP contribution in [-0.4, -0.2) is 19.4 Å².